The molecule has 138 valence electrons. The third kappa shape index (κ3) is 4.57. The fourth-order valence-corrected chi connectivity index (χ4v) is 2.96. The second kappa shape index (κ2) is 8.95. The van der Waals surface area contributed by atoms with Gasteiger partial charge >= 0.3 is 12.0 Å². The summed E-state index contributed by atoms with van der Waals surface area (Å²) in [5, 5.41) is 8.06. The zero-order valence-electron chi connectivity index (χ0n) is 14.7. The van der Waals surface area contributed by atoms with Gasteiger partial charge in [0.1, 0.15) is 10.6 Å². The van der Waals surface area contributed by atoms with E-state index in [-0.39, 0.29) is 5.56 Å². The molecule has 0 aliphatic carbocycles. The molecule has 3 amide bonds. The molecule has 0 saturated carbocycles. The largest absolute Gasteiger partial charge is 0.444 e. The average molecular weight is 376 g/mol. The summed E-state index contributed by atoms with van der Waals surface area (Å²) < 4.78 is 9.56. The first-order valence-electron chi connectivity index (χ1n) is 7.96. The number of hydrogen-bond acceptors (Lipinski definition) is 7. The molecule has 1 heterocycles. The van der Waals surface area contributed by atoms with Gasteiger partial charge in [0, 0.05) is 19.2 Å². The first-order valence-corrected chi connectivity index (χ1v) is 8.73. The van der Waals surface area contributed by atoms with Crippen molar-refractivity contribution in [2.75, 3.05) is 18.9 Å². The van der Waals surface area contributed by atoms with Gasteiger partial charge in [-0.1, -0.05) is 30.3 Å². The van der Waals surface area contributed by atoms with E-state index in [1.165, 1.54) is 0 Å². The Morgan fingerprint density at radius 1 is 1.23 bits per heavy atom. The molecular weight excluding hydrogens is 356 g/mol. The zero-order valence-corrected chi connectivity index (χ0v) is 15.5. The smallest absolute Gasteiger partial charge is 0.344 e. The Morgan fingerprint density at radius 2 is 1.92 bits per heavy atom. The summed E-state index contributed by atoms with van der Waals surface area (Å²) in [6, 6.07) is 7.84. The number of amides is 3. The minimum Gasteiger partial charge on any atom is -0.444 e. The van der Waals surface area contributed by atoms with Crippen LogP contribution < -0.4 is 16.0 Å². The van der Waals surface area contributed by atoms with Gasteiger partial charge in [0.15, 0.2) is 0 Å². The van der Waals surface area contributed by atoms with Gasteiger partial charge in [-0.2, -0.15) is 4.37 Å². The summed E-state index contributed by atoms with van der Waals surface area (Å²) in [7, 11) is 1.67. The molecule has 0 aliphatic rings. The molecule has 26 heavy (non-hydrogen) atoms. The maximum Gasteiger partial charge on any atom is 0.344 e. The van der Waals surface area contributed by atoms with Crippen LogP contribution in [-0.2, 0) is 9.53 Å². The Balaban J connectivity index is 2.27. The van der Waals surface area contributed by atoms with E-state index in [9.17, 15) is 14.4 Å². The third-order valence-electron chi connectivity index (χ3n) is 3.43. The highest BCUT2D eigenvalue weighted by Gasteiger charge is 2.29. The normalized spacial score (nSPS) is 11.3. The van der Waals surface area contributed by atoms with Crippen LogP contribution in [0.5, 0.6) is 0 Å². The van der Waals surface area contributed by atoms with Crippen LogP contribution in [-0.4, -0.2) is 35.9 Å². The van der Waals surface area contributed by atoms with Gasteiger partial charge < -0.3 is 15.4 Å². The van der Waals surface area contributed by atoms with Gasteiger partial charge in [-0.15, -0.1) is 0 Å². The summed E-state index contributed by atoms with van der Waals surface area (Å²) in [6.45, 7) is 3.77. The van der Waals surface area contributed by atoms with Crippen molar-refractivity contribution in [1.29, 1.82) is 0 Å². The minimum atomic E-state index is -1.27. The molecule has 3 N–H and O–H groups in total. The van der Waals surface area contributed by atoms with Gasteiger partial charge in [-0.3, -0.25) is 10.1 Å². The highest BCUT2D eigenvalue weighted by molar-refractivity contribution is 7.10. The molecule has 9 heteroatoms. The summed E-state index contributed by atoms with van der Waals surface area (Å²) in [5.74, 6) is -1.43. The lowest BCUT2D eigenvalue weighted by molar-refractivity contribution is -0.129. The quantitative estimate of drug-likeness (QED) is 0.667. The predicted molar refractivity (Wildman–Crippen MR) is 98.2 cm³/mol. The standard InChI is InChI=1S/C17H20N4O4S/c1-4-19-17(24)20-14(22)13(11-8-6-5-7-9-11)25-16(23)12-10(2)21-26-15(12)18-3/h5-9,13,18H,4H2,1-3H3,(H2,19,20,22,24). The Labute approximate surface area is 155 Å². The molecule has 0 saturated heterocycles. The maximum atomic E-state index is 12.6. The van der Waals surface area contributed by atoms with Crippen LogP contribution >= 0.6 is 11.5 Å². The van der Waals surface area contributed by atoms with E-state index in [1.54, 1.807) is 51.2 Å². The number of carbonyl (C=O) groups is 3. The Kier molecular flexibility index (Phi) is 6.67. The van der Waals surface area contributed by atoms with Gasteiger partial charge in [-0.25, -0.2) is 9.59 Å². The lowest BCUT2D eigenvalue weighted by Gasteiger charge is -2.18. The highest BCUT2D eigenvalue weighted by atomic mass is 32.1. The van der Waals surface area contributed by atoms with Crippen molar-refractivity contribution in [3.63, 3.8) is 0 Å². The number of nitrogens with one attached hydrogen (secondary N) is 3. The number of nitrogens with zero attached hydrogens (tertiary/aromatic N) is 1. The molecule has 0 spiro atoms. The molecule has 2 aromatic rings. The second-order valence-corrected chi connectivity index (χ2v) is 6.04. The SMILES string of the molecule is CCNC(=O)NC(=O)C(OC(=O)c1c(C)nsc1NC)c1ccccc1. The lowest BCUT2D eigenvalue weighted by atomic mass is 10.1. The van der Waals surface area contributed by atoms with E-state index in [0.717, 1.165) is 11.5 Å². The highest BCUT2D eigenvalue weighted by Crippen LogP contribution is 2.27. The molecule has 0 fully saturated rings. The first kappa shape index (κ1) is 19.4. The summed E-state index contributed by atoms with van der Waals surface area (Å²) >= 11 is 1.13. The van der Waals surface area contributed by atoms with Gasteiger partial charge in [-0.05, 0) is 25.4 Å². The topological polar surface area (TPSA) is 109 Å². The molecule has 1 aromatic heterocycles. The number of anilines is 1. The van der Waals surface area contributed by atoms with Crippen LogP contribution in [0, 0.1) is 6.92 Å². The number of carbonyl (C=O) groups excluding carboxylic acids is 3. The van der Waals surface area contributed by atoms with Crippen molar-refractivity contribution in [3.8, 4) is 0 Å². The van der Waals surface area contributed by atoms with E-state index in [0.29, 0.717) is 22.8 Å². The van der Waals surface area contributed by atoms with Crippen molar-refractivity contribution < 1.29 is 19.1 Å². The number of imide groups is 1. The van der Waals surface area contributed by atoms with Gasteiger partial charge in [0.25, 0.3) is 5.91 Å². The number of hydrogen-bond donors (Lipinski definition) is 3. The maximum absolute atomic E-state index is 12.6. The summed E-state index contributed by atoms with van der Waals surface area (Å²) in [5.41, 5.74) is 1.22. The van der Waals surface area contributed by atoms with Crippen LogP contribution in [0.25, 0.3) is 0 Å². The summed E-state index contributed by atoms with van der Waals surface area (Å²) in [6.07, 6.45) is -1.27. The molecule has 1 unspecified atom stereocenters. The van der Waals surface area contributed by atoms with Crippen molar-refractivity contribution in [3.05, 3.63) is 47.2 Å². The van der Waals surface area contributed by atoms with Crippen LogP contribution in [0.4, 0.5) is 9.80 Å². The minimum absolute atomic E-state index is 0.268. The van der Waals surface area contributed by atoms with Crippen molar-refractivity contribution in [2.24, 2.45) is 0 Å². The third-order valence-corrected chi connectivity index (χ3v) is 4.39. The predicted octanol–water partition coefficient (Wildman–Crippen LogP) is 2.24. The number of urea groups is 1. The molecule has 2 rings (SSSR count). The monoisotopic (exact) mass is 376 g/mol. The molecule has 0 bridgehead atoms. The van der Waals surface area contributed by atoms with Crippen molar-refractivity contribution in [1.82, 2.24) is 15.0 Å². The number of esters is 1. The number of benzene rings is 1. The van der Waals surface area contributed by atoms with Crippen LogP contribution in [0.1, 0.15) is 34.6 Å². The van der Waals surface area contributed by atoms with E-state index in [4.69, 9.17) is 4.74 Å². The molecule has 8 nitrogen and oxygen atoms in total. The fraction of sp³-hybridized carbons (Fsp3) is 0.294. The lowest BCUT2D eigenvalue weighted by Crippen LogP contribution is -2.42. The molecular formula is C17H20N4O4S. The van der Waals surface area contributed by atoms with Crippen molar-refractivity contribution in [2.45, 2.75) is 20.0 Å². The second-order valence-electron chi connectivity index (χ2n) is 5.27. The van der Waals surface area contributed by atoms with Gasteiger partial charge in [0.05, 0.1) is 5.69 Å². The molecule has 1 atom stereocenters. The Hall–Kier alpha value is -2.94. The number of ether oxygens (including phenoxy) is 1. The Morgan fingerprint density at radius 3 is 2.54 bits per heavy atom. The zero-order chi connectivity index (χ0) is 19.1. The first-order chi connectivity index (χ1) is 12.5. The Bertz CT molecular complexity index is 791. The molecule has 1 aromatic carbocycles. The van der Waals surface area contributed by atoms with E-state index < -0.39 is 24.0 Å². The van der Waals surface area contributed by atoms with Crippen LogP contribution in [0.3, 0.4) is 0 Å². The molecule has 0 radical (unpaired) electrons. The number of aromatic nitrogens is 1. The van der Waals surface area contributed by atoms with E-state index >= 15 is 0 Å². The average Bonchev–Trinajstić information content (AvgIpc) is 3.01. The van der Waals surface area contributed by atoms with Gasteiger partial charge in [0.2, 0.25) is 6.10 Å². The van der Waals surface area contributed by atoms with E-state index in [2.05, 4.69) is 20.3 Å². The van der Waals surface area contributed by atoms with Crippen LogP contribution in [0.2, 0.25) is 0 Å². The molecule has 0 aliphatic heterocycles. The van der Waals surface area contributed by atoms with Crippen LogP contribution in [0.15, 0.2) is 30.3 Å². The fourth-order valence-electron chi connectivity index (χ4n) is 2.23. The summed E-state index contributed by atoms with van der Waals surface area (Å²) in [4.78, 5) is 36.8. The van der Waals surface area contributed by atoms with E-state index in [1.807, 2.05) is 0 Å². The van der Waals surface area contributed by atoms with Crippen molar-refractivity contribution >= 4 is 34.4 Å². The number of aryl methyl sites for hydroxylation is 1. The number of rotatable bonds is 6.